The molecule has 0 saturated carbocycles. The number of nitrogens with one attached hydrogen (secondary N) is 2. The van der Waals surface area contributed by atoms with E-state index in [1.54, 1.807) is 0 Å². The molecule has 0 aromatic rings. The molecule has 0 aromatic heterocycles. The van der Waals surface area contributed by atoms with Gasteiger partial charge in [-0.15, -0.1) is 0 Å². The van der Waals surface area contributed by atoms with Crippen LogP contribution >= 0.6 is 0 Å². The molecule has 3 atom stereocenters. The van der Waals surface area contributed by atoms with Gasteiger partial charge >= 0.3 is 0 Å². The molecule has 3 unspecified atom stereocenters. The van der Waals surface area contributed by atoms with Gasteiger partial charge in [-0.1, -0.05) is 13.8 Å². The van der Waals surface area contributed by atoms with Crippen molar-refractivity contribution in [3.8, 4) is 0 Å². The van der Waals surface area contributed by atoms with Crippen LogP contribution < -0.4 is 10.9 Å². The van der Waals surface area contributed by atoms with E-state index in [4.69, 9.17) is 0 Å². The highest BCUT2D eigenvalue weighted by Crippen LogP contribution is 2.16. The Morgan fingerprint density at radius 3 is 2.33 bits per heavy atom. The Morgan fingerprint density at radius 1 is 1.22 bits per heavy atom. The molecule has 1 saturated heterocycles. The largest absolute Gasteiger partial charge is 0.257 e. The Labute approximate surface area is 57.0 Å². The van der Waals surface area contributed by atoms with Crippen LogP contribution in [0, 0.1) is 11.8 Å². The predicted molar refractivity (Wildman–Crippen MR) is 38.9 cm³/mol. The van der Waals surface area contributed by atoms with Crippen molar-refractivity contribution in [3.63, 3.8) is 0 Å². The molecule has 9 heavy (non-hydrogen) atoms. The van der Waals surface area contributed by atoms with Gasteiger partial charge in [-0.05, 0) is 18.8 Å². The molecule has 1 rings (SSSR count). The van der Waals surface area contributed by atoms with Gasteiger partial charge in [0.2, 0.25) is 0 Å². The molecule has 0 radical (unpaired) electrons. The molecule has 0 aromatic carbocycles. The van der Waals surface area contributed by atoms with Crippen molar-refractivity contribution >= 4 is 0 Å². The van der Waals surface area contributed by atoms with E-state index >= 15 is 0 Å². The first-order valence-electron chi connectivity index (χ1n) is 3.70. The summed E-state index contributed by atoms with van der Waals surface area (Å²) < 4.78 is 0. The zero-order chi connectivity index (χ0) is 6.85. The summed E-state index contributed by atoms with van der Waals surface area (Å²) in [6.45, 7) is 7.90. The summed E-state index contributed by atoms with van der Waals surface area (Å²) in [5, 5.41) is 0. The molecule has 0 amide bonds. The summed E-state index contributed by atoms with van der Waals surface area (Å²) in [4.78, 5) is 0. The standard InChI is InChI=1S/C7H16N2/c1-5-4-8-9-7(3)6(5)2/h5-9H,4H2,1-3H3. The van der Waals surface area contributed by atoms with Crippen LogP contribution in [0.3, 0.4) is 0 Å². The first-order chi connectivity index (χ1) is 4.22. The summed E-state index contributed by atoms with van der Waals surface area (Å²) >= 11 is 0. The lowest BCUT2D eigenvalue weighted by Crippen LogP contribution is -2.52. The second kappa shape index (κ2) is 2.67. The molecule has 2 heteroatoms. The van der Waals surface area contributed by atoms with Gasteiger partial charge in [-0.3, -0.25) is 10.9 Å². The van der Waals surface area contributed by atoms with Crippen LogP contribution in [0.2, 0.25) is 0 Å². The Balaban J connectivity index is 2.41. The van der Waals surface area contributed by atoms with Crippen LogP contribution in [0.4, 0.5) is 0 Å². The highest BCUT2D eigenvalue weighted by molar-refractivity contribution is 4.77. The molecule has 2 N–H and O–H groups in total. The number of hydrogen-bond donors (Lipinski definition) is 2. The normalized spacial score (nSPS) is 45.0. The SMILES string of the molecule is CC1CNNC(C)C1C. The van der Waals surface area contributed by atoms with E-state index in [0.717, 1.165) is 18.4 Å². The lowest BCUT2D eigenvalue weighted by Gasteiger charge is -2.33. The van der Waals surface area contributed by atoms with Gasteiger partial charge in [0.1, 0.15) is 0 Å². The summed E-state index contributed by atoms with van der Waals surface area (Å²) in [5.74, 6) is 1.60. The second-order valence-electron chi connectivity index (χ2n) is 3.15. The first kappa shape index (κ1) is 7.03. The van der Waals surface area contributed by atoms with Crippen LogP contribution in [-0.4, -0.2) is 12.6 Å². The summed E-state index contributed by atoms with van der Waals surface area (Å²) in [6.07, 6.45) is 0. The quantitative estimate of drug-likeness (QED) is 0.503. The zero-order valence-corrected chi connectivity index (χ0v) is 6.44. The van der Waals surface area contributed by atoms with Crippen molar-refractivity contribution < 1.29 is 0 Å². The third-order valence-electron chi connectivity index (χ3n) is 2.44. The Hall–Kier alpha value is -0.0800. The van der Waals surface area contributed by atoms with E-state index in [1.165, 1.54) is 0 Å². The fourth-order valence-corrected chi connectivity index (χ4v) is 1.19. The van der Waals surface area contributed by atoms with E-state index in [-0.39, 0.29) is 0 Å². The number of hydrazine groups is 1. The highest BCUT2D eigenvalue weighted by atomic mass is 15.4. The molecule has 1 heterocycles. The maximum atomic E-state index is 3.21. The molecule has 54 valence electrons. The summed E-state index contributed by atoms with van der Waals surface area (Å²) in [7, 11) is 0. The molecular weight excluding hydrogens is 112 g/mol. The summed E-state index contributed by atoms with van der Waals surface area (Å²) in [6, 6.07) is 0.619. The van der Waals surface area contributed by atoms with Crippen LogP contribution in [0.5, 0.6) is 0 Å². The predicted octanol–water partition coefficient (Wildman–Crippen LogP) is 0.755. The monoisotopic (exact) mass is 128 g/mol. The van der Waals surface area contributed by atoms with Crippen molar-refractivity contribution in [1.82, 2.24) is 10.9 Å². The average molecular weight is 128 g/mol. The lowest BCUT2D eigenvalue weighted by molar-refractivity contribution is 0.205. The topological polar surface area (TPSA) is 24.1 Å². The lowest BCUT2D eigenvalue weighted by atomic mass is 9.89. The zero-order valence-electron chi connectivity index (χ0n) is 6.44. The smallest absolute Gasteiger partial charge is 0.0213 e. The van der Waals surface area contributed by atoms with Crippen LogP contribution in [0.1, 0.15) is 20.8 Å². The third kappa shape index (κ3) is 1.43. The Kier molecular flexibility index (Phi) is 2.09. The van der Waals surface area contributed by atoms with Gasteiger partial charge < -0.3 is 0 Å². The molecule has 2 nitrogen and oxygen atoms in total. The molecule has 0 bridgehead atoms. The van der Waals surface area contributed by atoms with E-state index in [1.807, 2.05) is 0 Å². The van der Waals surface area contributed by atoms with Gasteiger partial charge in [0.05, 0.1) is 0 Å². The minimum atomic E-state index is 0.619. The third-order valence-corrected chi connectivity index (χ3v) is 2.44. The van der Waals surface area contributed by atoms with Gasteiger partial charge in [-0.2, -0.15) is 0 Å². The van der Waals surface area contributed by atoms with E-state index in [2.05, 4.69) is 31.6 Å². The molecular formula is C7H16N2. The fraction of sp³-hybridized carbons (Fsp3) is 1.00. The van der Waals surface area contributed by atoms with Crippen molar-refractivity contribution in [3.05, 3.63) is 0 Å². The minimum absolute atomic E-state index is 0.619. The molecule has 1 aliphatic heterocycles. The van der Waals surface area contributed by atoms with E-state index in [9.17, 15) is 0 Å². The maximum Gasteiger partial charge on any atom is 0.0213 e. The molecule has 1 aliphatic rings. The molecule has 0 spiro atoms. The maximum absolute atomic E-state index is 3.21. The number of rotatable bonds is 0. The van der Waals surface area contributed by atoms with Crippen LogP contribution in [0.25, 0.3) is 0 Å². The van der Waals surface area contributed by atoms with Gasteiger partial charge in [0, 0.05) is 12.6 Å². The van der Waals surface area contributed by atoms with Gasteiger partial charge in [0.25, 0.3) is 0 Å². The minimum Gasteiger partial charge on any atom is -0.257 e. The molecule has 1 fully saturated rings. The fourth-order valence-electron chi connectivity index (χ4n) is 1.19. The van der Waals surface area contributed by atoms with Gasteiger partial charge in [0.15, 0.2) is 0 Å². The molecule has 0 aliphatic carbocycles. The van der Waals surface area contributed by atoms with Gasteiger partial charge in [-0.25, -0.2) is 0 Å². The average Bonchev–Trinajstić information content (AvgIpc) is 1.83. The first-order valence-corrected chi connectivity index (χ1v) is 3.70. The Bertz CT molecular complexity index is 82.9. The summed E-state index contributed by atoms with van der Waals surface area (Å²) in [5.41, 5.74) is 6.38. The van der Waals surface area contributed by atoms with Crippen LogP contribution in [-0.2, 0) is 0 Å². The van der Waals surface area contributed by atoms with Crippen LogP contribution in [0.15, 0.2) is 0 Å². The number of hydrogen-bond acceptors (Lipinski definition) is 2. The van der Waals surface area contributed by atoms with Crippen molar-refractivity contribution in [2.24, 2.45) is 11.8 Å². The van der Waals surface area contributed by atoms with Crippen molar-refractivity contribution in [1.29, 1.82) is 0 Å². The van der Waals surface area contributed by atoms with Crippen molar-refractivity contribution in [2.75, 3.05) is 6.54 Å². The Morgan fingerprint density at radius 2 is 1.89 bits per heavy atom. The van der Waals surface area contributed by atoms with Crippen molar-refractivity contribution in [2.45, 2.75) is 26.8 Å². The highest BCUT2D eigenvalue weighted by Gasteiger charge is 2.22. The van der Waals surface area contributed by atoms with E-state index < -0.39 is 0 Å². The van der Waals surface area contributed by atoms with E-state index in [0.29, 0.717) is 6.04 Å². The second-order valence-corrected chi connectivity index (χ2v) is 3.15.